The van der Waals surface area contributed by atoms with Crippen LogP contribution in [-0.2, 0) is 0 Å². The van der Waals surface area contributed by atoms with Gasteiger partial charge in [0.15, 0.2) is 0 Å². The van der Waals surface area contributed by atoms with Gasteiger partial charge >= 0.3 is 0 Å². The molecule has 0 spiro atoms. The van der Waals surface area contributed by atoms with Crippen LogP contribution in [0.25, 0.3) is 32.3 Å². The lowest BCUT2D eigenvalue weighted by Gasteiger charge is -2.26. The van der Waals surface area contributed by atoms with Crippen LogP contribution in [0.15, 0.2) is 120 Å². The molecule has 2 heteroatoms. The molecular formula is C31H22N2. The van der Waals surface area contributed by atoms with Crippen molar-refractivity contribution < 1.29 is 0 Å². The highest BCUT2D eigenvalue weighted by Crippen LogP contribution is 2.43. The van der Waals surface area contributed by atoms with Gasteiger partial charge in [-0.3, -0.25) is 5.01 Å². The van der Waals surface area contributed by atoms with Crippen LogP contribution in [0.4, 0.5) is 5.69 Å². The van der Waals surface area contributed by atoms with E-state index in [9.17, 15) is 0 Å². The summed E-state index contributed by atoms with van der Waals surface area (Å²) >= 11 is 0. The average Bonchev–Trinajstić information content (AvgIpc) is 3.34. The van der Waals surface area contributed by atoms with Gasteiger partial charge in [-0.15, -0.1) is 0 Å². The summed E-state index contributed by atoms with van der Waals surface area (Å²) in [5, 5.41) is 15.3. The molecule has 0 aromatic heterocycles. The van der Waals surface area contributed by atoms with Crippen LogP contribution < -0.4 is 5.01 Å². The van der Waals surface area contributed by atoms with E-state index in [4.69, 9.17) is 5.10 Å². The highest BCUT2D eigenvalue weighted by atomic mass is 15.5. The molecule has 0 N–H and O–H groups in total. The number of nitrogens with zero attached hydrogens (tertiary/aromatic N) is 2. The second kappa shape index (κ2) is 7.18. The molecule has 0 fully saturated rings. The summed E-state index contributed by atoms with van der Waals surface area (Å²) in [5.74, 6) is 0. The Hall–Kier alpha value is -4.17. The van der Waals surface area contributed by atoms with Gasteiger partial charge in [0.1, 0.15) is 0 Å². The molecule has 0 amide bonds. The third-order valence-electron chi connectivity index (χ3n) is 6.96. The zero-order valence-electron chi connectivity index (χ0n) is 18.1. The predicted octanol–water partition coefficient (Wildman–Crippen LogP) is 7.94. The van der Waals surface area contributed by atoms with E-state index in [-0.39, 0.29) is 6.04 Å². The fourth-order valence-electron chi connectivity index (χ4n) is 5.42. The van der Waals surface area contributed by atoms with Gasteiger partial charge in [0.25, 0.3) is 0 Å². The van der Waals surface area contributed by atoms with E-state index in [0.29, 0.717) is 0 Å². The van der Waals surface area contributed by atoms with E-state index >= 15 is 0 Å². The van der Waals surface area contributed by atoms with Crippen molar-refractivity contribution in [2.75, 3.05) is 5.01 Å². The van der Waals surface area contributed by atoms with Crippen molar-refractivity contribution >= 4 is 43.7 Å². The first-order chi connectivity index (χ1) is 16.4. The van der Waals surface area contributed by atoms with Gasteiger partial charge in [0.05, 0.1) is 17.4 Å². The van der Waals surface area contributed by atoms with Gasteiger partial charge in [-0.1, -0.05) is 103 Å². The van der Waals surface area contributed by atoms with Crippen molar-refractivity contribution in [2.24, 2.45) is 5.10 Å². The van der Waals surface area contributed by atoms with E-state index in [2.05, 4.69) is 120 Å². The van der Waals surface area contributed by atoms with Crippen molar-refractivity contribution in [3.63, 3.8) is 0 Å². The minimum Gasteiger partial charge on any atom is -0.257 e. The fraction of sp³-hybridized carbons (Fsp3) is 0.0645. The average molecular weight is 423 g/mol. The smallest absolute Gasteiger partial charge is 0.0837 e. The molecule has 1 aliphatic heterocycles. The fourth-order valence-corrected chi connectivity index (χ4v) is 5.42. The molecule has 156 valence electrons. The lowest BCUT2D eigenvalue weighted by molar-refractivity contribution is 0.714. The number of hydrazone groups is 1. The van der Waals surface area contributed by atoms with Crippen molar-refractivity contribution in [3.05, 3.63) is 126 Å². The summed E-state index contributed by atoms with van der Waals surface area (Å²) in [6.07, 6.45) is 0.878. The topological polar surface area (TPSA) is 15.6 Å². The van der Waals surface area contributed by atoms with Gasteiger partial charge < -0.3 is 0 Å². The highest BCUT2D eigenvalue weighted by molar-refractivity contribution is 6.23. The molecule has 6 aromatic rings. The lowest BCUT2D eigenvalue weighted by Crippen LogP contribution is -2.18. The van der Waals surface area contributed by atoms with E-state index in [1.807, 2.05) is 0 Å². The Labute approximate surface area is 192 Å². The SMILES string of the molecule is c1ccc(C2=NN(c3ccccc3)C(c3ccc4ccc5cccc6ccc3c4c56)C2)cc1. The first-order valence-electron chi connectivity index (χ1n) is 11.5. The van der Waals surface area contributed by atoms with Crippen molar-refractivity contribution in [3.8, 4) is 0 Å². The van der Waals surface area contributed by atoms with Crippen molar-refractivity contribution in [1.29, 1.82) is 0 Å². The summed E-state index contributed by atoms with van der Waals surface area (Å²) in [7, 11) is 0. The van der Waals surface area contributed by atoms with Gasteiger partial charge in [0, 0.05) is 6.42 Å². The Morgan fingerprint density at radius 2 is 1.21 bits per heavy atom. The third-order valence-corrected chi connectivity index (χ3v) is 6.96. The second-order valence-corrected chi connectivity index (χ2v) is 8.82. The van der Waals surface area contributed by atoms with Crippen LogP contribution in [0.1, 0.15) is 23.6 Å². The van der Waals surface area contributed by atoms with Crippen LogP contribution in [0.3, 0.4) is 0 Å². The van der Waals surface area contributed by atoms with Gasteiger partial charge in [-0.05, 0) is 55.6 Å². The Bertz CT molecular complexity index is 1620. The number of rotatable bonds is 3. The molecule has 1 aliphatic rings. The molecule has 1 atom stereocenters. The molecule has 33 heavy (non-hydrogen) atoms. The Balaban J connectivity index is 1.45. The zero-order chi connectivity index (χ0) is 21.8. The highest BCUT2D eigenvalue weighted by Gasteiger charge is 2.31. The Morgan fingerprint density at radius 3 is 1.97 bits per heavy atom. The Kier molecular flexibility index (Phi) is 4.00. The first-order valence-corrected chi connectivity index (χ1v) is 11.5. The monoisotopic (exact) mass is 422 g/mol. The predicted molar refractivity (Wildman–Crippen MR) is 139 cm³/mol. The van der Waals surface area contributed by atoms with Crippen LogP contribution in [0, 0.1) is 0 Å². The summed E-state index contributed by atoms with van der Waals surface area (Å²) < 4.78 is 0. The summed E-state index contributed by atoms with van der Waals surface area (Å²) in [5.41, 5.74) is 4.78. The van der Waals surface area contributed by atoms with E-state index in [1.165, 1.54) is 43.4 Å². The van der Waals surface area contributed by atoms with E-state index in [1.54, 1.807) is 0 Å². The maximum Gasteiger partial charge on any atom is 0.0837 e. The normalized spacial score (nSPS) is 16.2. The molecule has 1 heterocycles. The van der Waals surface area contributed by atoms with Gasteiger partial charge in [-0.2, -0.15) is 5.10 Å². The molecule has 0 saturated carbocycles. The number of para-hydroxylation sites is 1. The second-order valence-electron chi connectivity index (χ2n) is 8.82. The Morgan fingerprint density at radius 1 is 0.576 bits per heavy atom. The molecular weight excluding hydrogens is 400 g/mol. The van der Waals surface area contributed by atoms with Gasteiger partial charge in [0.2, 0.25) is 0 Å². The number of hydrogen-bond acceptors (Lipinski definition) is 2. The van der Waals surface area contributed by atoms with Crippen LogP contribution in [-0.4, -0.2) is 5.71 Å². The summed E-state index contributed by atoms with van der Waals surface area (Å²) in [4.78, 5) is 0. The molecule has 2 nitrogen and oxygen atoms in total. The number of anilines is 1. The molecule has 0 bridgehead atoms. The number of hydrogen-bond donors (Lipinski definition) is 0. The van der Waals surface area contributed by atoms with Gasteiger partial charge in [-0.25, -0.2) is 0 Å². The van der Waals surface area contributed by atoms with Crippen molar-refractivity contribution in [2.45, 2.75) is 12.5 Å². The number of benzene rings is 6. The third kappa shape index (κ3) is 2.84. The molecule has 0 aliphatic carbocycles. The van der Waals surface area contributed by atoms with E-state index < -0.39 is 0 Å². The molecule has 0 saturated heterocycles. The molecule has 6 aromatic carbocycles. The minimum atomic E-state index is 0.146. The van der Waals surface area contributed by atoms with Crippen molar-refractivity contribution in [1.82, 2.24) is 0 Å². The summed E-state index contributed by atoms with van der Waals surface area (Å²) in [6.45, 7) is 0. The zero-order valence-corrected chi connectivity index (χ0v) is 18.1. The summed E-state index contributed by atoms with van der Waals surface area (Å²) in [6, 6.07) is 41.5. The maximum absolute atomic E-state index is 5.15. The van der Waals surface area contributed by atoms with Crippen LogP contribution >= 0.6 is 0 Å². The van der Waals surface area contributed by atoms with Crippen LogP contribution in [0.2, 0.25) is 0 Å². The first kappa shape index (κ1) is 18.4. The molecule has 1 unspecified atom stereocenters. The standard InChI is InChI=1S/C31H22N2/c1-3-8-21(9-4-1)28-20-29(33(32-28)25-12-5-2-6-13-25)26-18-16-24-15-14-22-10-7-11-23-17-19-27(26)31(24)30(22)23/h1-19,29H,20H2. The molecule has 7 rings (SSSR count). The largest absolute Gasteiger partial charge is 0.257 e. The van der Waals surface area contributed by atoms with E-state index in [0.717, 1.165) is 17.8 Å². The maximum atomic E-state index is 5.15. The quantitative estimate of drug-likeness (QED) is 0.264. The molecule has 0 radical (unpaired) electrons. The minimum absolute atomic E-state index is 0.146. The van der Waals surface area contributed by atoms with Crippen LogP contribution in [0.5, 0.6) is 0 Å². The lowest BCUT2D eigenvalue weighted by atomic mass is 9.88.